The van der Waals surface area contributed by atoms with Crippen LogP contribution in [0, 0.1) is 0 Å². The van der Waals surface area contributed by atoms with E-state index in [1.165, 1.54) is 0 Å². The third-order valence-electron chi connectivity index (χ3n) is 2.01. The fourth-order valence-electron chi connectivity index (χ4n) is 1.23. The molecule has 0 saturated heterocycles. The zero-order valence-corrected chi connectivity index (χ0v) is 9.78. The van der Waals surface area contributed by atoms with E-state index in [-0.39, 0.29) is 0 Å². The molecule has 0 saturated carbocycles. The van der Waals surface area contributed by atoms with Crippen molar-refractivity contribution < 1.29 is 0 Å². The van der Waals surface area contributed by atoms with Crippen molar-refractivity contribution in [2.75, 3.05) is 14.1 Å². The first kappa shape index (κ1) is 11.2. The molecular formula is C12H13N5. The largest absolute Gasteiger partial charge is 0.383 e. The maximum atomic E-state index is 4.32. The molecule has 0 spiro atoms. The Morgan fingerprint density at radius 3 is 2.82 bits per heavy atom. The summed E-state index contributed by atoms with van der Waals surface area (Å²) in [6, 6.07) is 1.79. The van der Waals surface area contributed by atoms with E-state index in [0.29, 0.717) is 5.82 Å². The van der Waals surface area contributed by atoms with Crippen LogP contribution in [0.15, 0.2) is 36.8 Å². The van der Waals surface area contributed by atoms with Gasteiger partial charge < -0.3 is 4.90 Å². The van der Waals surface area contributed by atoms with Crippen LogP contribution < -0.4 is 0 Å². The number of hydrogen-bond acceptors (Lipinski definition) is 5. The van der Waals surface area contributed by atoms with Crippen molar-refractivity contribution in [3.05, 3.63) is 42.6 Å². The molecular weight excluding hydrogens is 214 g/mol. The Kier molecular flexibility index (Phi) is 3.40. The Hall–Kier alpha value is -2.30. The van der Waals surface area contributed by atoms with E-state index >= 15 is 0 Å². The van der Waals surface area contributed by atoms with Gasteiger partial charge in [0.05, 0.1) is 6.20 Å². The number of pyridine rings is 1. The fourth-order valence-corrected chi connectivity index (χ4v) is 1.23. The van der Waals surface area contributed by atoms with Gasteiger partial charge in [0.25, 0.3) is 0 Å². The van der Waals surface area contributed by atoms with Gasteiger partial charge in [0.2, 0.25) is 0 Å². The van der Waals surface area contributed by atoms with Crippen LogP contribution in [0.2, 0.25) is 0 Å². The zero-order chi connectivity index (χ0) is 12.1. The predicted octanol–water partition coefficient (Wildman–Crippen LogP) is 1.51. The molecule has 86 valence electrons. The van der Waals surface area contributed by atoms with Gasteiger partial charge in [-0.25, -0.2) is 4.98 Å². The minimum atomic E-state index is 0.578. The lowest BCUT2D eigenvalue weighted by molar-refractivity contribution is 0.564. The second-order valence-corrected chi connectivity index (χ2v) is 3.70. The Bertz CT molecular complexity index is 560. The molecule has 0 fully saturated rings. The van der Waals surface area contributed by atoms with Gasteiger partial charge in [-0.2, -0.15) is 0 Å². The van der Waals surface area contributed by atoms with Gasteiger partial charge in [-0.05, 0) is 24.4 Å². The first-order valence-electron chi connectivity index (χ1n) is 5.21. The van der Waals surface area contributed by atoms with Crippen LogP contribution in [-0.2, 0) is 0 Å². The van der Waals surface area contributed by atoms with Crippen LogP contribution in [0.4, 0.5) is 0 Å². The summed E-state index contributed by atoms with van der Waals surface area (Å²) in [6.45, 7) is 0. The average Bonchev–Trinajstić information content (AvgIpc) is 2.34. The normalized spacial score (nSPS) is 11.6. The Morgan fingerprint density at radius 1 is 1.12 bits per heavy atom. The van der Waals surface area contributed by atoms with Gasteiger partial charge in [0, 0.05) is 20.3 Å². The van der Waals surface area contributed by atoms with Crippen LogP contribution in [0.25, 0.3) is 17.1 Å². The summed E-state index contributed by atoms with van der Waals surface area (Å²) in [5.41, 5.74) is 1.50. The molecule has 0 aliphatic heterocycles. The summed E-state index contributed by atoms with van der Waals surface area (Å²) in [5, 5.41) is 8.06. The summed E-state index contributed by atoms with van der Waals surface area (Å²) in [7, 11) is 3.92. The smallest absolute Gasteiger partial charge is 0.175 e. The quantitative estimate of drug-likeness (QED) is 0.744. The standard InChI is InChI=1S/C12H13N5/c1-17(2)8-4-3-5-12-14-11-9-13-7-6-10(11)15-16-12/h3-9H,1-2H3/b5-3+,8-4+. The van der Waals surface area contributed by atoms with Gasteiger partial charge in [0.1, 0.15) is 11.0 Å². The highest BCUT2D eigenvalue weighted by Crippen LogP contribution is 2.05. The number of allylic oxidation sites excluding steroid dienone is 2. The highest BCUT2D eigenvalue weighted by molar-refractivity contribution is 5.72. The molecule has 0 aliphatic rings. The van der Waals surface area contributed by atoms with E-state index in [4.69, 9.17) is 0 Å². The van der Waals surface area contributed by atoms with Crippen LogP contribution >= 0.6 is 0 Å². The first-order valence-corrected chi connectivity index (χ1v) is 5.21. The predicted molar refractivity (Wildman–Crippen MR) is 67.0 cm³/mol. The maximum absolute atomic E-state index is 4.32. The molecule has 0 aromatic carbocycles. The molecule has 0 amide bonds. The molecule has 0 radical (unpaired) electrons. The molecule has 0 bridgehead atoms. The summed E-state index contributed by atoms with van der Waals surface area (Å²) >= 11 is 0. The zero-order valence-electron chi connectivity index (χ0n) is 9.78. The lowest BCUT2D eigenvalue weighted by Crippen LogP contribution is -1.99. The van der Waals surface area contributed by atoms with Crippen molar-refractivity contribution in [1.29, 1.82) is 0 Å². The molecule has 17 heavy (non-hydrogen) atoms. The molecule has 2 heterocycles. The van der Waals surface area contributed by atoms with E-state index in [0.717, 1.165) is 11.0 Å². The van der Waals surface area contributed by atoms with Crippen LogP contribution in [0.3, 0.4) is 0 Å². The summed E-state index contributed by atoms with van der Waals surface area (Å²) in [4.78, 5) is 10.3. The molecule has 0 N–H and O–H groups in total. The Morgan fingerprint density at radius 2 is 2.00 bits per heavy atom. The van der Waals surface area contributed by atoms with Crippen molar-refractivity contribution in [2.45, 2.75) is 0 Å². The number of nitrogens with zero attached hydrogens (tertiary/aromatic N) is 5. The average molecular weight is 227 g/mol. The summed E-state index contributed by atoms with van der Waals surface area (Å²) in [6.07, 6.45) is 10.9. The fraction of sp³-hybridized carbons (Fsp3) is 0.167. The van der Waals surface area contributed by atoms with Crippen molar-refractivity contribution in [2.24, 2.45) is 0 Å². The lowest BCUT2D eigenvalue weighted by atomic mass is 10.4. The van der Waals surface area contributed by atoms with Gasteiger partial charge in [0.15, 0.2) is 5.82 Å². The molecule has 5 nitrogen and oxygen atoms in total. The molecule has 2 rings (SSSR count). The van der Waals surface area contributed by atoms with Crippen molar-refractivity contribution in [3.8, 4) is 0 Å². The topological polar surface area (TPSA) is 54.8 Å². The van der Waals surface area contributed by atoms with E-state index in [1.807, 2.05) is 37.3 Å². The molecule has 0 aliphatic carbocycles. The van der Waals surface area contributed by atoms with Gasteiger partial charge in [-0.1, -0.05) is 6.08 Å². The third-order valence-corrected chi connectivity index (χ3v) is 2.01. The molecule has 0 unspecified atom stereocenters. The van der Waals surface area contributed by atoms with Crippen molar-refractivity contribution in [1.82, 2.24) is 25.1 Å². The lowest BCUT2D eigenvalue weighted by Gasteiger charge is -2.00. The van der Waals surface area contributed by atoms with Crippen LogP contribution in [-0.4, -0.2) is 39.2 Å². The second kappa shape index (κ2) is 5.16. The highest BCUT2D eigenvalue weighted by atomic mass is 15.1. The first-order chi connectivity index (χ1) is 8.25. The number of rotatable bonds is 3. The maximum Gasteiger partial charge on any atom is 0.175 e. The number of aromatic nitrogens is 4. The van der Waals surface area contributed by atoms with Crippen molar-refractivity contribution >= 4 is 17.1 Å². The summed E-state index contributed by atoms with van der Waals surface area (Å²) in [5.74, 6) is 0.578. The minimum absolute atomic E-state index is 0.578. The number of hydrogen-bond donors (Lipinski definition) is 0. The SMILES string of the molecule is CN(C)/C=C/C=C/c1nnc2ccncc2n1. The highest BCUT2D eigenvalue weighted by Gasteiger charge is 1.97. The third kappa shape index (κ3) is 3.07. The number of fused-ring (bicyclic) bond motifs is 1. The van der Waals surface area contributed by atoms with Crippen LogP contribution in [0.1, 0.15) is 5.82 Å². The Balaban J connectivity index is 2.19. The van der Waals surface area contributed by atoms with Gasteiger partial charge in [-0.3, -0.25) is 4.98 Å². The summed E-state index contributed by atoms with van der Waals surface area (Å²) < 4.78 is 0. The van der Waals surface area contributed by atoms with Crippen molar-refractivity contribution in [3.63, 3.8) is 0 Å². The van der Waals surface area contributed by atoms with Gasteiger partial charge >= 0.3 is 0 Å². The van der Waals surface area contributed by atoms with E-state index in [1.54, 1.807) is 24.5 Å². The Labute approximate surface area is 99.5 Å². The van der Waals surface area contributed by atoms with E-state index < -0.39 is 0 Å². The van der Waals surface area contributed by atoms with Gasteiger partial charge in [-0.15, -0.1) is 10.2 Å². The van der Waals surface area contributed by atoms with Crippen LogP contribution in [0.5, 0.6) is 0 Å². The second-order valence-electron chi connectivity index (χ2n) is 3.70. The van der Waals surface area contributed by atoms with E-state index in [2.05, 4.69) is 20.2 Å². The monoisotopic (exact) mass is 227 g/mol. The molecule has 0 atom stereocenters. The molecule has 2 aromatic rings. The van der Waals surface area contributed by atoms with E-state index in [9.17, 15) is 0 Å². The molecule has 5 heteroatoms. The minimum Gasteiger partial charge on any atom is -0.383 e. The molecule has 2 aromatic heterocycles.